The summed E-state index contributed by atoms with van der Waals surface area (Å²) in [6.45, 7) is 4.50. The summed E-state index contributed by atoms with van der Waals surface area (Å²) in [6, 6.07) is 6.18. The Balaban J connectivity index is 1.85. The van der Waals surface area contributed by atoms with E-state index in [9.17, 15) is 0 Å². The van der Waals surface area contributed by atoms with Gasteiger partial charge in [-0.3, -0.25) is 0 Å². The lowest BCUT2D eigenvalue weighted by Crippen LogP contribution is -2.32. The lowest BCUT2D eigenvalue weighted by molar-refractivity contribution is 0.190. The van der Waals surface area contributed by atoms with Crippen molar-refractivity contribution in [2.75, 3.05) is 56.5 Å². The molecule has 0 aliphatic carbocycles. The Morgan fingerprint density at radius 2 is 1.89 bits per heavy atom. The van der Waals surface area contributed by atoms with Gasteiger partial charge in [0.05, 0.1) is 23.4 Å². The van der Waals surface area contributed by atoms with Crippen molar-refractivity contribution >= 4 is 44.0 Å². The van der Waals surface area contributed by atoms with Crippen LogP contribution in [0.3, 0.4) is 0 Å². The summed E-state index contributed by atoms with van der Waals surface area (Å²) >= 11 is 1.57. The van der Waals surface area contributed by atoms with Gasteiger partial charge in [0.1, 0.15) is 12.0 Å². The van der Waals surface area contributed by atoms with Crippen LogP contribution in [0.1, 0.15) is 5.56 Å². The zero-order valence-corrected chi connectivity index (χ0v) is 16.5. The molecule has 2 aromatic heterocycles. The monoisotopic (exact) mass is 388 g/mol. The summed E-state index contributed by atoms with van der Waals surface area (Å²) in [5.74, 6) is 1.19. The summed E-state index contributed by atoms with van der Waals surface area (Å²) in [5.41, 5.74) is 8.98. The first kappa shape index (κ1) is 19.3. The molecular weight excluding hydrogens is 364 g/mol. The van der Waals surface area contributed by atoms with Crippen molar-refractivity contribution in [3.63, 3.8) is 0 Å². The third-order valence-corrected chi connectivity index (χ3v) is 5.00. The van der Waals surface area contributed by atoms with E-state index in [1.165, 1.54) is 11.9 Å². The van der Waals surface area contributed by atoms with Gasteiger partial charge in [0.25, 0.3) is 0 Å². The highest BCUT2D eigenvalue weighted by atomic mass is 32.1. The van der Waals surface area contributed by atoms with Gasteiger partial charge in [-0.25, -0.2) is 15.0 Å². The van der Waals surface area contributed by atoms with Gasteiger partial charge in [0.2, 0.25) is 0 Å². The highest BCUT2D eigenvalue weighted by Gasteiger charge is 2.16. The molecule has 0 saturated carbocycles. The normalized spacial score (nSPS) is 11.1. The largest absolute Gasteiger partial charge is 0.393 e. The number of thiazole rings is 1. The Bertz CT molecular complexity index is 893. The Morgan fingerprint density at radius 3 is 2.59 bits per heavy atom. The van der Waals surface area contributed by atoms with Crippen molar-refractivity contribution in [2.24, 2.45) is 0 Å². The Morgan fingerprint density at radius 1 is 1.15 bits per heavy atom. The predicted molar refractivity (Wildman–Crippen MR) is 110 cm³/mol. The van der Waals surface area contributed by atoms with E-state index in [0.717, 1.165) is 15.3 Å². The van der Waals surface area contributed by atoms with E-state index < -0.39 is 0 Å². The van der Waals surface area contributed by atoms with Crippen LogP contribution in [0.4, 0.5) is 22.5 Å². The van der Waals surface area contributed by atoms with Crippen LogP contribution in [0.25, 0.3) is 10.2 Å². The Hall–Kier alpha value is -2.49. The van der Waals surface area contributed by atoms with Crippen LogP contribution in [0.5, 0.6) is 0 Å². The highest BCUT2D eigenvalue weighted by molar-refractivity contribution is 7.22. The fourth-order valence-corrected chi connectivity index (χ4v) is 3.61. The van der Waals surface area contributed by atoms with Gasteiger partial charge in [-0.2, -0.15) is 0 Å². The number of ether oxygens (including phenoxy) is 2. The van der Waals surface area contributed by atoms with E-state index in [4.69, 9.17) is 15.2 Å². The van der Waals surface area contributed by atoms with Crippen LogP contribution in [-0.2, 0) is 9.47 Å². The fraction of sp³-hybridized carbons (Fsp3) is 0.389. The number of benzene rings is 1. The van der Waals surface area contributed by atoms with Crippen LogP contribution >= 0.6 is 11.3 Å². The molecular formula is C18H24N6O2S. The fourth-order valence-electron chi connectivity index (χ4n) is 2.65. The maximum absolute atomic E-state index is 6.36. The van der Waals surface area contributed by atoms with Gasteiger partial charge in [0, 0.05) is 27.3 Å². The van der Waals surface area contributed by atoms with E-state index >= 15 is 0 Å². The molecule has 0 saturated heterocycles. The van der Waals surface area contributed by atoms with Gasteiger partial charge >= 0.3 is 0 Å². The number of methoxy groups -OCH3 is 2. The molecule has 144 valence electrons. The lowest BCUT2D eigenvalue weighted by Gasteiger charge is -2.24. The summed E-state index contributed by atoms with van der Waals surface area (Å²) in [7, 11) is 3.33. The third kappa shape index (κ3) is 4.62. The first-order chi connectivity index (χ1) is 13.1. The summed E-state index contributed by atoms with van der Waals surface area (Å²) < 4.78 is 11.5. The molecule has 0 spiro atoms. The number of rotatable bonds is 9. The second-order valence-electron chi connectivity index (χ2n) is 6.05. The standard InChI is InChI=1S/C18H24N6O2S/c1-12-4-5-13-14(10-12)27-18(22-13)23-16-15(19)17(21-11-20-16)24(6-8-25-2)7-9-26-3/h4-5,10-11H,6-9,19H2,1-3H3,(H,20,21,22,23). The smallest absolute Gasteiger partial charge is 0.189 e. The number of nitrogens with zero attached hydrogens (tertiary/aromatic N) is 4. The number of hydrogen-bond donors (Lipinski definition) is 2. The van der Waals surface area contributed by atoms with E-state index in [0.29, 0.717) is 43.6 Å². The average molecular weight is 388 g/mol. The number of nitrogens with one attached hydrogen (secondary N) is 1. The van der Waals surface area contributed by atoms with Crippen LogP contribution in [0.2, 0.25) is 0 Å². The van der Waals surface area contributed by atoms with E-state index in [-0.39, 0.29) is 0 Å². The number of fused-ring (bicyclic) bond motifs is 1. The van der Waals surface area contributed by atoms with Crippen molar-refractivity contribution in [2.45, 2.75) is 6.92 Å². The van der Waals surface area contributed by atoms with E-state index in [1.54, 1.807) is 25.6 Å². The van der Waals surface area contributed by atoms with Gasteiger partial charge in [-0.05, 0) is 24.6 Å². The first-order valence-electron chi connectivity index (χ1n) is 8.60. The number of aromatic nitrogens is 3. The second-order valence-corrected chi connectivity index (χ2v) is 7.08. The molecule has 0 radical (unpaired) electrons. The molecule has 8 nitrogen and oxygen atoms in total. The van der Waals surface area contributed by atoms with Crippen molar-refractivity contribution in [1.29, 1.82) is 0 Å². The number of anilines is 4. The molecule has 0 aliphatic rings. The van der Waals surface area contributed by atoms with E-state index in [2.05, 4.69) is 33.3 Å². The van der Waals surface area contributed by atoms with Crippen molar-refractivity contribution < 1.29 is 9.47 Å². The second kappa shape index (κ2) is 8.94. The summed E-state index contributed by atoms with van der Waals surface area (Å²) in [6.07, 6.45) is 1.50. The van der Waals surface area contributed by atoms with E-state index in [1.807, 2.05) is 17.0 Å². The molecule has 3 N–H and O–H groups in total. The van der Waals surface area contributed by atoms with Crippen molar-refractivity contribution in [3.05, 3.63) is 30.1 Å². The molecule has 3 aromatic rings. The van der Waals surface area contributed by atoms with Crippen LogP contribution in [0.15, 0.2) is 24.5 Å². The molecule has 1 aromatic carbocycles. The first-order valence-corrected chi connectivity index (χ1v) is 9.41. The molecule has 0 atom stereocenters. The van der Waals surface area contributed by atoms with Gasteiger partial charge in [-0.1, -0.05) is 17.4 Å². The summed E-state index contributed by atoms with van der Waals surface area (Å²) in [5, 5.41) is 3.97. The SMILES string of the molecule is COCCN(CCOC)c1ncnc(Nc2nc3ccc(C)cc3s2)c1N. The quantitative estimate of drug-likeness (QED) is 0.577. The Labute approximate surface area is 162 Å². The van der Waals surface area contributed by atoms with Crippen molar-refractivity contribution in [3.8, 4) is 0 Å². The summed E-state index contributed by atoms with van der Waals surface area (Å²) in [4.78, 5) is 15.3. The van der Waals surface area contributed by atoms with Gasteiger partial charge < -0.3 is 25.4 Å². The minimum absolute atomic E-state index is 0.472. The number of aryl methyl sites for hydroxylation is 1. The zero-order chi connectivity index (χ0) is 19.2. The van der Waals surface area contributed by atoms with Crippen LogP contribution in [0, 0.1) is 6.92 Å². The topological polar surface area (TPSA) is 98.4 Å². The average Bonchev–Trinajstić information content (AvgIpc) is 3.05. The zero-order valence-electron chi connectivity index (χ0n) is 15.7. The molecule has 2 heterocycles. The molecule has 9 heteroatoms. The molecule has 0 fully saturated rings. The van der Waals surface area contributed by atoms with Gasteiger partial charge in [-0.15, -0.1) is 0 Å². The molecule has 0 unspecified atom stereocenters. The third-order valence-electron chi connectivity index (χ3n) is 4.06. The Kier molecular flexibility index (Phi) is 6.38. The molecule has 27 heavy (non-hydrogen) atoms. The predicted octanol–water partition coefficient (Wildman–Crippen LogP) is 2.82. The van der Waals surface area contributed by atoms with Crippen LogP contribution in [-0.4, -0.2) is 55.5 Å². The van der Waals surface area contributed by atoms with Gasteiger partial charge in [0.15, 0.2) is 16.8 Å². The minimum atomic E-state index is 0.472. The molecule has 0 aliphatic heterocycles. The number of nitrogen functional groups attached to an aromatic ring is 1. The van der Waals surface area contributed by atoms with Crippen LogP contribution < -0.4 is 16.0 Å². The number of nitrogens with two attached hydrogens (primary N) is 1. The highest BCUT2D eigenvalue weighted by Crippen LogP contribution is 2.32. The molecule has 0 amide bonds. The molecule has 0 bridgehead atoms. The lowest BCUT2D eigenvalue weighted by atomic mass is 10.2. The number of hydrogen-bond acceptors (Lipinski definition) is 9. The minimum Gasteiger partial charge on any atom is -0.393 e. The maximum atomic E-state index is 6.36. The molecule has 3 rings (SSSR count). The maximum Gasteiger partial charge on any atom is 0.189 e. The van der Waals surface area contributed by atoms with Crippen molar-refractivity contribution in [1.82, 2.24) is 15.0 Å².